The number of rotatable bonds is 2. The maximum absolute atomic E-state index is 8.78. The first-order chi connectivity index (χ1) is 9.70. The topological polar surface area (TPSA) is 54.8 Å². The van der Waals surface area contributed by atoms with E-state index in [-0.39, 0.29) is 12.2 Å². The summed E-state index contributed by atoms with van der Waals surface area (Å²) in [6.45, 7) is 6.08. The Bertz CT molecular complexity index is 394. The lowest BCUT2D eigenvalue weighted by molar-refractivity contribution is -0.162. The highest BCUT2D eigenvalue weighted by Crippen LogP contribution is 2.14. The highest BCUT2D eigenvalue weighted by Gasteiger charge is 2.27. The van der Waals surface area contributed by atoms with Crippen LogP contribution in [0.3, 0.4) is 0 Å². The maximum Gasteiger partial charge on any atom is 0.128 e. The summed E-state index contributed by atoms with van der Waals surface area (Å²) in [6, 6.07) is 4.14. The van der Waals surface area contributed by atoms with E-state index in [0.29, 0.717) is 6.61 Å². The Balaban J connectivity index is 0.000000178. The summed E-state index contributed by atoms with van der Waals surface area (Å²) >= 11 is 2.26. The van der Waals surface area contributed by atoms with Gasteiger partial charge in [-0.1, -0.05) is 6.92 Å². The molecule has 20 heavy (non-hydrogen) atoms. The van der Waals surface area contributed by atoms with Crippen LogP contribution in [0.25, 0.3) is 0 Å². The largest absolute Gasteiger partial charge is 0.388 e. The summed E-state index contributed by atoms with van der Waals surface area (Å²) < 4.78 is 11.4. The number of hydrogen-bond acceptors (Lipinski definition) is 5. The average molecular weight is 392 g/mol. The Labute approximate surface area is 133 Å². The fraction of sp³-hybridized carbons (Fsp3) is 0.643. The van der Waals surface area contributed by atoms with E-state index in [1.165, 1.54) is 3.57 Å². The van der Waals surface area contributed by atoms with Crippen molar-refractivity contribution in [1.82, 2.24) is 4.98 Å². The van der Waals surface area contributed by atoms with E-state index < -0.39 is 0 Å². The van der Waals surface area contributed by atoms with Crippen LogP contribution in [0.5, 0.6) is 0 Å². The van der Waals surface area contributed by atoms with Crippen molar-refractivity contribution in [3.8, 4) is 0 Å². The minimum absolute atomic E-state index is 0.139. The molecule has 0 bridgehead atoms. The Morgan fingerprint density at radius 2 is 2.15 bits per heavy atom. The van der Waals surface area contributed by atoms with Gasteiger partial charge < -0.3 is 19.5 Å². The molecule has 0 radical (unpaired) electrons. The van der Waals surface area contributed by atoms with Gasteiger partial charge in [0.2, 0.25) is 0 Å². The summed E-state index contributed by atoms with van der Waals surface area (Å²) in [5.74, 6) is 1.06. The third-order valence-electron chi connectivity index (χ3n) is 3.36. The summed E-state index contributed by atoms with van der Waals surface area (Å²) in [5, 5.41) is 8.78. The average Bonchev–Trinajstić information content (AvgIpc) is 2.48. The molecule has 0 aromatic carbocycles. The molecule has 112 valence electrons. The first-order valence-corrected chi connectivity index (χ1v) is 8.02. The predicted molar refractivity (Wildman–Crippen MR) is 86.0 cm³/mol. The molecule has 3 rings (SSSR count). The number of aromatic nitrogens is 1. The van der Waals surface area contributed by atoms with Crippen LogP contribution in [-0.2, 0) is 9.47 Å². The Morgan fingerprint density at radius 1 is 1.40 bits per heavy atom. The Hall–Kier alpha value is -0.440. The third-order valence-corrected chi connectivity index (χ3v) is 4.00. The zero-order chi connectivity index (χ0) is 14.4. The van der Waals surface area contributed by atoms with E-state index in [9.17, 15) is 0 Å². The van der Waals surface area contributed by atoms with Gasteiger partial charge in [0.05, 0.1) is 25.9 Å². The maximum atomic E-state index is 8.78. The van der Waals surface area contributed by atoms with E-state index in [2.05, 4.69) is 44.6 Å². The van der Waals surface area contributed by atoms with Gasteiger partial charge in [-0.2, -0.15) is 0 Å². The summed E-state index contributed by atoms with van der Waals surface area (Å²) in [4.78, 5) is 6.61. The number of pyridine rings is 1. The minimum Gasteiger partial charge on any atom is -0.388 e. The fourth-order valence-electron chi connectivity index (χ4n) is 2.06. The Kier molecular flexibility index (Phi) is 6.47. The number of hydrogen-bond donors (Lipinski definition) is 1. The van der Waals surface area contributed by atoms with Crippen LogP contribution in [0.15, 0.2) is 18.3 Å². The van der Waals surface area contributed by atoms with Gasteiger partial charge >= 0.3 is 0 Å². The summed E-state index contributed by atoms with van der Waals surface area (Å²) in [7, 11) is 0. The molecule has 2 aliphatic heterocycles. The van der Waals surface area contributed by atoms with Crippen LogP contribution < -0.4 is 4.90 Å². The van der Waals surface area contributed by atoms with E-state index in [4.69, 9.17) is 14.6 Å². The number of anilines is 1. The van der Waals surface area contributed by atoms with Gasteiger partial charge in [-0.25, -0.2) is 4.98 Å². The monoisotopic (exact) mass is 392 g/mol. The Morgan fingerprint density at radius 3 is 2.55 bits per heavy atom. The number of aliphatic hydroxyl groups excluding tert-OH is 1. The normalized spacial score (nSPS) is 25.4. The molecule has 0 aliphatic carbocycles. The second-order valence-corrected chi connectivity index (χ2v) is 6.03. The summed E-state index contributed by atoms with van der Waals surface area (Å²) in [6.07, 6.45) is 2.79. The molecule has 2 atom stereocenters. The van der Waals surface area contributed by atoms with E-state index >= 15 is 0 Å². The SMILES string of the molecule is CCC1OCC1O.Ic1ccc(N2CCOCC2)nc1. The van der Waals surface area contributed by atoms with Crippen LogP contribution in [0.4, 0.5) is 5.82 Å². The third kappa shape index (κ3) is 4.54. The van der Waals surface area contributed by atoms with Crippen LogP contribution in [-0.4, -0.2) is 55.2 Å². The van der Waals surface area contributed by atoms with Gasteiger partial charge in [0.25, 0.3) is 0 Å². The van der Waals surface area contributed by atoms with Gasteiger partial charge in [-0.05, 0) is 41.1 Å². The first kappa shape index (κ1) is 15.9. The quantitative estimate of drug-likeness (QED) is 0.777. The van der Waals surface area contributed by atoms with E-state index in [1.807, 2.05) is 13.1 Å². The smallest absolute Gasteiger partial charge is 0.128 e. The van der Waals surface area contributed by atoms with Gasteiger partial charge in [0.15, 0.2) is 0 Å². The zero-order valence-corrected chi connectivity index (χ0v) is 13.8. The minimum atomic E-state index is -0.176. The van der Waals surface area contributed by atoms with Crippen molar-refractivity contribution in [2.45, 2.75) is 25.6 Å². The highest BCUT2D eigenvalue weighted by molar-refractivity contribution is 14.1. The van der Waals surface area contributed by atoms with Gasteiger partial charge in [-0.15, -0.1) is 0 Å². The molecule has 1 aromatic rings. The molecule has 0 spiro atoms. The first-order valence-electron chi connectivity index (χ1n) is 6.94. The number of halogens is 1. The van der Waals surface area contributed by atoms with Crippen LogP contribution >= 0.6 is 22.6 Å². The number of nitrogens with zero attached hydrogens (tertiary/aromatic N) is 2. The number of ether oxygens (including phenoxy) is 2. The lowest BCUT2D eigenvalue weighted by Crippen LogP contribution is -2.43. The van der Waals surface area contributed by atoms with Crippen molar-refractivity contribution in [3.05, 3.63) is 21.9 Å². The van der Waals surface area contributed by atoms with Crippen molar-refractivity contribution in [3.63, 3.8) is 0 Å². The van der Waals surface area contributed by atoms with E-state index in [0.717, 1.165) is 38.5 Å². The molecule has 0 amide bonds. The van der Waals surface area contributed by atoms with Gasteiger partial charge in [-0.3, -0.25) is 0 Å². The van der Waals surface area contributed by atoms with Crippen molar-refractivity contribution >= 4 is 28.4 Å². The van der Waals surface area contributed by atoms with Gasteiger partial charge in [0, 0.05) is 22.9 Å². The molecule has 2 fully saturated rings. The molecule has 1 aromatic heterocycles. The molecule has 0 saturated carbocycles. The molecule has 2 saturated heterocycles. The van der Waals surface area contributed by atoms with Crippen molar-refractivity contribution in [2.24, 2.45) is 0 Å². The van der Waals surface area contributed by atoms with E-state index in [1.54, 1.807) is 0 Å². The van der Waals surface area contributed by atoms with Crippen molar-refractivity contribution in [1.29, 1.82) is 0 Å². The molecule has 1 N–H and O–H groups in total. The van der Waals surface area contributed by atoms with Crippen LogP contribution in [0.1, 0.15) is 13.3 Å². The molecule has 2 aliphatic rings. The van der Waals surface area contributed by atoms with Crippen LogP contribution in [0.2, 0.25) is 0 Å². The molecular weight excluding hydrogens is 371 g/mol. The summed E-state index contributed by atoms with van der Waals surface area (Å²) in [5.41, 5.74) is 0. The van der Waals surface area contributed by atoms with Crippen LogP contribution in [0, 0.1) is 3.57 Å². The molecule has 6 heteroatoms. The van der Waals surface area contributed by atoms with Gasteiger partial charge in [0.1, 0.15) is 11.9 Å². The standard InChI is InChI=1S/C9H11IN2O.C5H10O2/c10-8-1-2-9(11-7-8)12-3-5-13-6-4-12;1-2-5-4(6)3-7-5/h1-2,7H,3-6H2;4-6H,2-3H2,1H3. The highest BCUT2D eigenvalue weighted by atomic mass is 127. The van der Waals surface area contributed by atoms with Crippen molar-refractivity contribution < 1.29 is 14.6 Å². The fourth-order valence-corrected chi connectivity index (χ4v) is 2.37. The molecule has 2 unspecified atom stereocenters. The molecule has 3 heterocycles. The number of morpholine rings is 1. The number of aliphatic hydroxyl groups is 1. The predicted octanol–water partition coefficient (Wildman–Crippen LogP) is 1.68. The lowest BCUT2D eigenvalue weighted by atomic mass is 10.1. The molecular formula is C14H21IN2O3. The second kappa shape index (κ2) is 8.11. The van der Waals surface area contributed by atoms with Crippen molar-refractivity contribution in [2.75, 3.05) is 37.8 Å². The molecule has 5 nitrogen and oxygen atoms in total. The zero-order valence-electron chi connectivity index (χ0n) is 11.7. The lowest BCUT2D eigenvalue weighted by Gasteiger charge is -2.31. The second-order valence-electron chi connectivity index (χ2n) is 4.78.